The molecule has 0 amide bonds. The van der Waals surface area contributed by atoms with Crippen molar-refractivity contribution in [2.75, 3.05) is 0 Å². The van der Waals surface area contributed by atoms with Gasteiger partial charge in [-0.25, -0.2) is 8.78 Å². The summed E-state index contributed by atoms with van der Waals surface area (Å²) in [6.07, 6.45) is 2.32. The molecule has 19 heavy (non-hydrogen) atoms. The Kier molecular flexibility index (Phi) is 3.92. The van der Waals surface area contributed by atoms with Crippen LogP contribution < -0.4 is 11.3 Å². The monoisotopic (exact) mass is 266 g/mol. The molecule has 0 spiro atoms. The molecular weight excluding hydrogens is 250 g/mol. The van der Waals surface area contributed by atoms with Gasteiger partial charge in [0.25, 0.3) is 0 Å². The van der Waals surface area contributed by atoms with Crippen LogP contribution in [0.5, 0.6) is 0 Å². The zero-order valence-corrected chi connectivity index (χ0v) is 10.8. The smallest absolute Gasteiger partial charge is 0.159 e. The Morgan fingerprint density at radius 2 is 2.11 bits per heavy atom. The van der Waals surface area contributed by atoms with Gasteiger partial charge in [0.1, 0.15) is 0 Å². The predicted molar refractivity (Wildman–Crippen MR) is 68.1 cm³/mol. The van der Waals surface area contributed by atoms with E-state index >= 15 is 0 Å². The third-order valence-electron chi connectivity index (χ3n) is 3.05. The zero-order valence-electron chi connectivity index (χ0n) is 10.8. The number of benzene rings is 1. The van der Waals surface area contributed by atoms with Crippen LogP contribution in [-0.2, 0) is 13.5 Å². The lowest BCUT2D eigenvalue weighted by atomic mass is 10.00. The average Bonchev–Trinajstić information content (AvgIpc) is 2.70. The minimum Gasteiger partial charge on any atom is -0.275 e. The van der Waals surface area contributed by atoms with E-state index in [1.165, 1.54) is 6.07 Å². The number of hydrazine groups is 1. The molecule has 0 saturated heterocycles. The highest BCUT2D eigenvalue weighted by Gasteiger charge is 2.16. The van der Waals surface area contributed by atoms with E-state index in [1.54, 1.807) is 10.7 Å². The van der Waals surface area contributed by atoms with Gasteiger partial charge in [0.05, 0.1) is 11.7 Å². The number of aromatic nitrogens is 2. The SMILES string of the molecule is Cc1nn(C)cc1C(Cc1ccc(F)c(F)c1)NN. The van der Waals surface area contributed by atoms with Crippen LogP contribution in [0.3, 0.4) is 0 Å². The summed E-state index contributed by atoms with van der Waals surface area (Å²) >= 11 is 0. The highest BCUT2D eigenvalue weighted by Crippen LogP contribution is 2.21. The molecule has 0 bridgehead atoms. The molecule has 2 aromatic rings. The first-order chi connectivity index (χ1) is 9.01. The second-order valence-electron chi connectivity index (χ2n) is 4.52. The Morgan fingerprint density at radius 3 is 2.63 bits per heavy atom. The minimum atomic E-state index is -0.851. The Labute approximate surface area is 110 Å². The number of hydrogen-bond acceptors (Lipinski definition) is 3. The van der Waals surface area contributed by atoms with Gasteiger partial charge in [0.2, 0.25) is 0 Å². The van der Waals surface area contributed by atoms with Crippen LogP contribution in [0.25, 0.3) is 0 Å². The number of nitrogens with one attached hydrogen (secondary N) is 1. The highest BCUT2D eigenvalue weighted by atomic mass is 19.2. The maximum Gasteiger partial charge on any atom is 0.159 e. The summed E-state index contributed by atoms with van der Waals surface area (Å²) in [7, 11) is 1.82. The molecule has 0 aliphatic carbocycles. The van der Waals surface area contributed by atoms with E-state index in [9.17, 15) is 8.78 Å². The van der Waals surface area contributed by atoms with E-state index in [1.807, 2.05) is 20.2 Å². The normalized spacial score (nSPS) is 12.7. The number of rotatable bonds is 4. The molecule has 0 fully saturated rings. The summed E-state index contributed by atoms with van der Waals surface area (Å²) in [6.45, 7) is 1.88. The summed E-state index contributed by atoms with van der Waals surface area (Å²) in [5.41, 5.74) is 5.15. The summed E-state index contributed by atoms with van der Waals surface area (Å²) < 4.78 is 27.8. The molecule has 1 atom stereocenters. The lowest BCUT2D eigenvalue weighted by Crippen LogP contribution is -2.29. The Hall–Kier alpha value is -1.79. The van der Waals surface area contributed by atoms with Crippen LogP contribution in [0.4, 0.5) is 8.78 Å². The number of hydrogen-bond donors (Lipinski definition) is 2. The van der Waals surface area contributed by atoms with Gasteiger partial charge in [-0.05, 0) is 31.0 Å². The zero-order chi connectivity index (χ0) is 14.0. The third kappa shape index (κ3) is 2.97. The lowest BCUT2D eigenvalue weighted by Gasteiger charge is -2.15. The first kappa shape index (κ1) is 13.6. The van der Waals surface area contributed by atoms with Crippen molar-refractivity contribution in [3.05, 3.63) is 52.9 Å². The van der Waals surface area contributed by atoms with Crippen molar-refractivity contribution in [1.29, 1.82) is 0 Å². The van der Waals surface area contributed by atoms with Gasteiger partial charge in [0.15, 0.2) is 11.6 Å². The van der Waals surface area contributed by atoms with Gasteiger partial charge in [-0.1, -0.05) is 6.07 Å². The number of nitrogens with zero attached hydrogens (tertiary/aromatic N) is 2. The van der Waals surface area contributed by atoms with Crippen molar-refractivity contribution < 1.29 is 8.78 Å². The van der Waals surface area contributed by atoms with E-state index < -0.39 is 11.6 Å². The van der Waals surface area contributed by atoms with Crippen LogP contribution in [0, 0.1) is 18.6 Å². The molecule has 102 valence electrons. The first-order valence-corrected chi connectivity index (χ1v) is 5.91. The highest BCUT2D eigenvalue weighted by molar-refractivity contribution is 5.25. The topological polar surface area (TPSA) is 55.9 Å². The van der Waals surface area contributed by atoms with Gasteiger partial charge < -0.3 is 0 Å². The van der Waals surface area contributed by atoms with Gasteiger partial charge in [-0.2, -0.15) is 5.10 Å². The second kappa shape index (κ2) is 5.46. The van der Waals surface area contributed by atoms with Gasteiger partial charge in [0, 0.05) is 18.8 Å². The Morgan fingerprint density at radius 1 is 1.37 bits per heavy atom. The fraction of sp³-hybridized carbons (Fsp3) is 0.308. The molecule has 0 aliphatic heterocycles. The van der Waals surface area contributed by atoms with Crippen LogP contribution in [0.2, 0.25) is 0 Å². The van der Waals surface area contributed by atoms with Crippen LogP contribution >= 0.6 is 0 Å². The average molecular weight is 266 g/mol. The van der Waals surface area contributed by atoms with Crippen molar-refractivity contribution in [1.82, 2.24) is 15.2 Å². The number of aryl methyl sites for hydroxylation is 2. The molecule has 1 unspecified atom stereocenters. The maximum atomic E-state index is 13.2. The molecule has 1 aromatic heterocycles. The van der Waals surface area contributed by atoms with Crippen molar-refractivity contribution in [2.45, 2.75) is 19.4 Å². The summed E-state index contributed by atoms with van der Waals surface area (Å²) in [6, 6.07) is 3.66. The minimum absolute atomic E-state index is 0.196. The van der Waals surface area contributed by atoms with E-state index in [0.717, 1.165) is 17.3 Å². The quantitative estimate of drug-likeness (QED) is 0.655. The molecule has 0 saturated carbocycles. The molecule has 3 N–H and O–H groups in total. The Balaban J connectivity index is 2.23. The van der Waals surface area contributed by atoms with E-state index in [-0.39, 0.29) is 6.04 Å². The van der Waals surface area contributed by atoms with Crippen LogP contribution in [-0.4, -0.2) is 9.78 Å². The molecule has 6 heteroatoms. The molecule has 0 radical (unpaired) electrons. The van der Waals surface area contributed by atoms with Crippen molar-refractivity contribution >= 4 is 0 Å². The van der Waals surface area contributed by atoms with E-state index in [2.05, 4.69) is 10.5 Å². The van der Waals surface area contributed by atoms with Crippen molar-refractivity contribution in [3.63, 3.8) is 0 Å². The summed E-state index contributed by atoms with van der Waals surface area (Å²) in [4.78, 5) is 0. The second-order valence-corrected chi connectivity index (χ2v) is 4.52. The third-order valence-corrected chi connectivity index (χ3v) is 3.05. The van der Waals surface area contributed by atoms with Crippen molar-refractivity contribution in [3.8, 4) is 0 Å². The van der Waals surface area contributed by atoms with E-state index in [4.69, 9.17) is 5.84 Å². The van der Waals surface area contributed by atoms with Gasteiger partial charge in [-0.15, -0.1) is 0 Å². The molecular formula is C13H16F2N4. The molecule has 1 heterocycles. The molecule has 0 aliphatic rings. The van der Waals surface area contributed by atoms with Gasteiger partial charge in [-0.3, -0.25) is 16.0 Å². The predicted octanol–water partition coefficient (Wildman–Crippen LogP) is 1.75. The number of halogens is 2. The lowest BCUT2D eigenvalue weighted by molar-refractivity contribution is 0.502. The fourth-order valence-corrected chi connectivity index (χ4v) is 2.12. The van der Waals surface area contributed by atoms with Crippen molar-refractivity contribution in [2.24, 2.45) is 12.9 Å². The van der Waals surface area contributed by atoms with Gasteiger partial charge >= 0.3 is 0 Å². The van der Waals surface area contributed by atoms with Crippen LogP contribution in [0.1, 0.15) is 22.9 Å². The first-order valence-electron chi connectivity index (χ1n) is 5.91. The standard InChI is InChI=1S/C13H16F2N4/c1-8-10(7-19(2)18-8)13(17-16)6-9-3-4-11(14)12(15)5-9/h3-5,7,13,17H,6,16H2,1-2H3. The molecule has 2 rings (SSSR count). The maximum absolute atomic E-state index is 13.2. The summed E-state index contributed by atoms with van der Waals surface area (Å²) in [5, 5.41) is 4.24. The molecule has 1 aromatic carbocycles. The largest absolute Gasteiger partial charge is 0.275 e. The van der Waals surface area contributed by atoms with Crippen LogP contribution in [0.15, 0.2) is 24.4 Å². The fourth-order valence-electron chi connectivity index (χ4n) is 2.12. The Bertz CT molecular complexity index is 580. The summed E-state index contributed by atoms with van der Waals surface area (Å²) in [5.74, 6) is 3.84. The number of nitrogens with two attached hydrogens (primary N) is 1. The molecule has 4 nitrogen and oxygen atoms in total. The van der Waals surface area contributed by atoms with E-state index in [0.29, 0.717) is 12.0 Å².